The number of aliphatic hydroxyl groups excluding tert-OH is 1. The normalized spacial score (nSPS) is 22.0. The summed E-state index contributed by atoms with van der Waals surface area (Å²) < 4.78 is 39.0. The van der Waals surface area contributed by atoms with E-state index in [1.165, 1.54) is 22.5 Å². The average Bonchev–Trinajstić information content (AvgIpc) is 2.39. The highest BCUT2D eigenvalue weighted by Gasteiger charge is 2.29. The lowest BCUT2D eigenvalue weighted by atomic mass is 10.0. The Morgan fingerprint density at radius 1 is 1.44 bits per heavy atom. The number of nitrogens with zero attached hydrogens (tertiary/aromatic N) is 1. The molecule has 1 heterocycles. The van der Waals surface area contributed by atoms with Gasteiger partial charge in [-0.1, -0.05) is 6.07 Å². The minimum absolute atomic E-state index is 0.0187. The van der Waals surface area contributed by atoms with Gasteiger partial charge in [-0.3, -0.25) is 0 Å². The molecule has 0 radical (unpaired) electrons. The monoisotopic (exact) mass is 273 g/mol. The lowest BCUT2D eigenvalue weighted by Crippen LogP contribution is -2.40. The van der Waals surface area contributed by atoms with Gasteiger partial charge < -0.3 is 5.11 Å². The van der Waals surface area contributed by atoms with Gasteiger partial charge in [-0.2, -0.15) is 4.31 Å². The van der Waals surface area contributed by atoms with Crippen LogP contribution in [-0.4, -0.2) is 37.5 Å². The lowest BCUT2D eigenvalue weighted by Gasteiger charge is -2.30. The molecule has 1 aliphatic rings. The summed E-state index contributed by atoms with van der Waals surface area (Å²) in [6.07, 6.45) is 1.55. The molecule has 18 heavy (non-hydrogen) atoms. The molecule has 1 aromatic rings. The van der Waals surface area contributed by atoms with E-state index in [-0.39, 0.29) is 17.4 Å². The molecule has 0 saturated carbocycles. The number of hydrogen-bond acceptors (Lipinski definition) is 3. The van der Waals surface area contributed by atoms with Crippen molar-refractivity contribution in [2.75, 3.05) is 19.7 Å². The molecule has 0 aliphatic carbocycles. The van der Waals surface area contributed by atoms with Crippen LogP contribution in [0.15, 0.2) is 29.2 Å². The molecule has 0 spiro atoms. The van der Waals surface area contributed by atoms with Crippen molar-refractivity contribution in [2.45, 2.75) is 17.7 Å². The Morgan fingerprint density at radius 2 is 2.22 bits per heavy atom. The van der Waals surface area contributed by atoms with E-state index in [0.717, 1.165) is 18.9 Å². The van der Waals surface area contributed by atoms with Crippen molar-refractivity contribution in [3.63, 3.8) is 0 Å². The Bertz CT molecular complexity index is 518. The maximum atomic E-state index is 13.1. The number of aliphatic hydroxyl groups is 1. The van der Waals surface area contributed by atoms with Crippen LogP contribution in [0.2, 0.25) is 0 Å². The third-order valence-corrected chi connectivity index (χ3v) is 5.03. The quantitative estimate of drug-likeness (QED) is 0.901. The Hall–Kier alpha value is -0.980. The van der Waals surface area contributed by atoms with Crippen LogP contribution in [0, 0.1) is 11.7 Å². The fourth-order valence-corrected chi connectivity index (χ4v) is 3.76. The highest BCUT2D eigenvalue weighted by molar-refractivity contribution is 7.89. The molecule has 0 bridgehead atoms. The van der Waals surface area contributed by atoms with Crippen LogP contribution in [0.25, 0.3) is 0 Å². The van der Waals surface area contributed by atoms with E-state index in [1.807, 2.05) is 0 Å². The topological polar surface area (TPSA) is 57.6 Å². The summed E-state index contributed by atoms with van der Waals surface area (Å²) in [6, 6.07) is 5.01. The third kappa shape index (κ3) is 2.71. The van der Waals surface area contributed by atoms with Crippen LogP contribution < -0.4 is 0 Å². The molecule has 0 aromatic heterocycles. The number of halogens is 1. The SMILES string of the molecule is O=S(=O)(c1cccc(F)c1)N1CCCC(CO)C1. The summed E-state index contributed by atoms with van der Waals surface area (Å²) in [5.74, 6) is -0.589. The first-order valence-corrected chi connectivity index (χ1v) is 7.34. The van der Waals surface area contributed by atoms with Gasteiger partial charge in [0, 0.05) is 19.7 Å². The average molecular weight is 273 g/mol. The molecule has 6 heteroatoms. The first-order valence-electron chi connectivity index (χ1n) is 5.90. The van der Waals surface area contributed by atoms with Crippen molar-refractivity contribution in [2.24, 2.45) is 5.92 Å². The van der Waals surface area contributed by atoms with Gasteiger partial charge in [0.15, 0.2) is 0 Å². The lowest BCUT2D eigenvalue weighted by molar-refractivity contribution is 0.165. The number of piperidine rings is 1. The Labute approximate surface area is 106 Å². The smallest absolute Gasteiger partial charge is 0.243 e. The fourth-order valence-electron chi connectivity index (χ4n) is 2.17. The van der Waals surface area contributed by atoms with E-state index in [1.54, 1.807) is 0 Å². The summed E-state index contributed by atoms with van der Waals surface area (Å²) in [7, 11) is -3.65. The van der Waals surface area contributed by atoms with Crippen molar-refractivity contribution in [1.29, 1.82) is 0 Å². The number of benzene rings is 1. The van der Waals surface area contributed by atoms with E-state index in [0.29, 0.717) is 13.1 Å². The zero-order chi connectivity index (χ0) is 13.2. The van der Waals surface area contributed by atoms with Gasteiger partial charge >= 0.3 is 0 Å². The van der Waals surface area contributed by atoms with Crippen LogP contribution in [0.4, 0.5) is 4.39 Å². The Kier molecular flexibility index (Phi) is 3.99. The van der Waals surface area contributed by atoms with Crippen LogP contribution >= 0.6 is 0 Å². The van der Waals surface area contributed by atoms with E-state index < -0.39 is 15.8 Å². The van der Waals surface area contributed by atoms with Crippen molar-refractivity contribution in [1.82, 2.24) is 4.31 Å². The first kappa shape index (κ1) is 13.5. The molecule has 100 valence electrons. The Morgan fingerprint density at radius 3 is 2.89 bits per heavy atom. The molecule has 1 fully saturated rings. The molecule has 0 amide bonds. The highest BCUT2D eigenvalue weighted by Crippen LogP contribution is 2.23. The van der Waals surface area contributed by atoms with Crippen LogP contribution in [-0.2, 0) is 10.0 Å². The van der Waals surface area contributed by atoms with Crippen molar-refractivity contribution >= 4 is 10.0 Å². The maximum absolute atomic E-state index is 13.1. The highest BCUT2D eigenvalue weighted by atomic mass is 32.2. The van der Waals surface area contributed by atoms with Crippen molar-refractivity contribution in [3.8, 4) is 0 Å². The Balaban J connectivity index is 2.25. The summed E-state index contributed by atoms with van der Waals surface area (Å²) in [6.45, 7) is 0.708. The largest absolute Gasteiger partial charge is 0.396 e. The molecular formula is C12H16FNO3S. The molecule has 1 aromatic carbocycles. The molecule has 1 unspecified atom stereocenters. The summed E-state index contributed by atoms with van der Waals surface area (Å²) in [5.41, 5.74) is 0. The third-order valence-electron chi connectivity index (χ3n) is 3.17. The fraction of sp³-hybridized carbons (Fsp3) is 0.500. The van der Waals surface area contributed by atoms with Gasteiger partial charge in [0.05, 0.1) is 4.90 Å². The second-order valence-corrected chi connectivity index (χ2v) is 6.45. The van der Waals surface area contributed by atoms with Crippen LogP contribution in [0.1, 0.15) is 12.8 Å². The predicted molar refractivity (Wildman–Crippen MR) is 65.0 cm³/mol. The van der Waals surface area contributed by atoms with Gasteiger partial charge in [0.2, 0.25) is 10.0 Å². The first-order chi connectivity index (χ1) is 8.54. The standard InChI is InChI=1S/C12H16FNO3S/c13-11-4-1-5-12(7-11)18(16,17)14-6-2-3-10(8-14)9-15/h1,4-5,7,10,15H,2-3,6,8-9H2. The maximum Gasteiger partial charge on any atom is 0.243 e. The second-order valence-electron chi connectivity index (χ2n) is 4.51. The summed E-state index contributed by atoms with van der Waals surface area (Å²) in [5, 5.41) is 9.11. The van der Waals surface area contributed by atoms with Crippen LogP contribution in [0.3, 0.4) is 0 Å². The molecule has 1 aliphatic heterocycles. The van der Waals surface area contributed by atoms with E-state index >= 15 is 0 Å². The zero-order valence-corrected chi connectivity index (χ0v) is 10.7. The minimum Gasteiger partial charge on any atom is -0.396 e. The molecule has 1 atom stereocenters. The minimum atomic E-state index is -3.65. The van der Waals surface area contributed by atoms with E-state index in [4.69, 9.17) is 5.11 Å². The van der Waals surface area contributed by atoms with Gasteiger partial charge in [-0.25, -0.2) is 12.8 Å². The van der Waals surface area contributed by atoms with Crippen LogP contribution in [0.5, 0.6) is 0 Å². The van der Waals surface area contributed by atoms with Gasteiger partial charge in [0.1, 0.15) is 5.82 Å². The van der Waals surface area contributed by atoms with E-state index in [2.05, 4.69) is 0 Å². The molecular weight excluding hydrogens is 257 g/mol. The number of rotatable bonds is 3. The van der Waals surface area contributed by atoms with Gasteiger partial charge in [-0.15, -0.1) is 0 Å². The van der Waals surface area contributed by atoms with Gasteiger partial charge in [0.25, 0.3) is 0 Å². The van der Waals surface area contributed by atoms with Crippen molar-refractivity contribution < 1.29 is 17.9 Å². The van der Waals surface area contributed by atoms with E-state index in [9.17, 15) is 12.8 Å². The summed E-state index contributed by atoms with van der Waals surface area (Å²) in [4.78, 5) is -0.0268. The predicted octanol–water partition coefficient (Wildman–Crippen LogP) is 1.22. The molecule has 4 nitrogen and oxygen atoms in total. The molecule has 2 rings (SSSR count). The number of sulfonamides is 1. The zero-order valence-electron chi connectivity index (χ0n) is 9.92. The van der Waals surface area contributed by atoms with Crippen molar-refractivity contribution in [3.05, 3.63) is 30.1 Å². The second kappa shape index (κ2) is 5.34. The van der Waals surface area contributed by atoms with Gasteiger partial charge in [-0.05, 0) is 37.0 Å². The number of hydrogen-bond donors (Lipinski definition) is 1. The molecule has 1 saturated heterocycles. The summed E-state index contributed by atoms with van der Waals surface area (Å²) >= 11 is 0. The molecule has 1 N–H and O–H groups in total.